The van der Waals surface area contributed by atoms with Crippen molar-refractivity contribution in [3.8, 4) is 0 Å². The lowest BCUT2D eigenvalue weighted by atomic mass is 10.4. The molecule has 13 heavy (non-hydrogen) atoms. The zero-order valence-corrected chi connectivity index (χ0v) is 8.93. The second-order valence-electron chi connectivity index (χ2n) is 3.40. The molecule has 0 aromatic carbocycles. The van der Waals surface area contributed by atoms with Crippen LogP contribution in [0.2, 0.25) is 0 Å². The first kappa shape index (κ1) is 10.7. The van der Waals surface area contributed by atoms with Gasteiger partial charge in [-0.25, -0.2) is 0 Å². The second-order valence-corrected chi connectivity index (χ2v) is 5.43. The Hall–Kier alpha value is -0.380. The van der Waals surface area contributed by atoms with Crippen molar-refractivity contribution in [1.82, 2.24) is 0 Å². The van der Waals surface area contributed by atoms with E-state index in [1.165, 1.54) is 7.11 Å². The Morgan fingerprint density at radius 3 is 2.46 bits per heavy atom. The minimum atomic E-state index is -1.04. The topological polar surface area (TPSA) is 43.4 Å². The van der Waals surface area contributed by atoms with E-state index in [1.807, 2.05) is 0 Å². The Kier molecular flexibility index (Phi) is 3.90. The van der Waals surface area contributed by atoms with E-state index >= 15 is 0 Å². The van der Waals surface area contributed by atoms with Gasteiger partial charge in [-0.05, 0) is 19.8 Å². The predicted octanol–water partition coefficient (Wildman–Crippen LogP) is 1.24. The highest BCUT2D eigenvalue weighted by Crippen LogP contribution is 2.24. The van der Waals surface area contributed by atoms with Gasteiger partial charge in [-0.1, -0.05) is 12.8 Å². The van der Waals surface area contributed by atoms with Gasteiger partial charge in [0.1, 0.15) is 5.25 Å². The normalized spacial score (nSPS) is 22.6. The number of hydrogen-bond donors (Lipinski definition) is 0. The third-order valence-corrected chi connectivity index (χ3v) is 4.53. The van der Waals surface area contributed by atoms with Crippen molar-refractivity contribution in [1.29, 1.82) is 0 Å². The molecular weight excluding hydrogens is 188 g/mol. The Bertz CT molecular complexity index is 209. The molecule has 1 aliphatic carbocycles. The van der Waals surface area contributed by atoms with E-state index in [0.29, 0.717) is 0 Å². The Labute approximate surface area is 81.3 Å². The number of carbonyl (C=O) groups is 1. The predicted molar refractivity (Wildman–Crippen MR) is 51.9 cm³/mol. The Balaban J connectivity index is 2.50. The minimum absolute atomic E-state index is 0.217. The summed E-state index contributed by atoms with van der Waals surface area (Å²) in [6.45, 7) is 1.68. The molecule has 1 rings (SSSR count). The number of carbonyl (C=O) groups excluding carboxylic acids is 1. The van der Waals surface area contributed by atoms with Gasteiger partial charge in [0, 0.05) is 16.0 Å². The highest BCUT2D eigenvalue weighted by molar-refractivity contribution is 7.87. The molecule has 0 aromatic rings. The van der Waals surface area contributed by atoms with Gasteiger partial charge in [0.05, 0.1) is 7.11 Å². The summed E-state index contributed by atoms with van der Waals surface area (Å²) in [4.78, 5) is 11.1. The van der Waals surface area contributed by atoms with Gasteiger partial charge in [0.15, 0.2) is 0 Å². The van der Waals surface area contributed by atoms with E-state index in [2.05, 4.69) is 4.74 Å². The number of esters is 1. The van der Waals surface area contributed by atoms with Gasteiger partial charge >= 0.3 is 5.97 Å². The van der Waals surface area contributed by atoms with Crippen LogP contribution in [0, 0.1) is 0 Å². The van der Waals surface area contributed by atoms with Gasteiger partial charge < -0.3 is 4.74 Å². The number of rotatable bonds is 3. The minimum Gasteiger partial charge on any atom is -0.468 e. The molecule has 2 atom stereocenters. The lowest BCUT2D eigenvalue weighted by Crippen LogP contribution is -2.29. The van der Waals surface area contributed by atoms with Crippen molar-refractivity contribution in [2.24, 2.45) is 0 Å². The van der Waals surface area contributed by atoms with Crippen LogP contribution in [0.3, 0.4) is 0 Å². The first-order valence-electron chi connectivity index (χ1n) is 4.64. The maximum Gasteiger partial charge on any atom is 0.321 e. The molecule has 1 saturated carbocycles. The number of methoxy groups -OCH3 is 1. The molecule has 0 N–H and O–H groups in total. The summed E-state index contributed by atoms with van der Waals surface area (Å²) in [7, 11) is 0.293. The van der Waals surface area contributed by atoms with E-state index in [1.54, 1.807) is 6.92 Å². The molecule has 1 aliphatic rings. The highest BCUT2D eigenvalue weighted by atomic mass is 32.2. The monoisotopic (exact) mass is 204 g/mol. The standard InChI is InChI=1S/C9H16O3S/c1-7(9(10)12-2)13(11)8-5-3-4-6-8/h7-8H,3-6H2,1-2H3. The van der Waals surface area contributed by atoms with E-state index in [0.717, 1.165) is 25.7 Å². The average Bonchev–Trinajstić information content (AvgIpc) is 2.67. The molecule has 0 heterocycles. The molecule has 0 spiro atoms. The molecule has 0 bridgehead atoms. The molecule has 0 aliphatic heterocycles. The SMILES string of the molecule is COC(=O)C(C)S(=O)C1CCCC1. The van der Waals surface area contributed by atoms with Crippen LogP contribution in [0.1, 0.15) is 32.6 Å². The van der Waals surface area contributed by atoms with E-state index in [-0.39, 0.29) is 11.2 Å². The first-order chi connectivity index (χ1) is 6.16. The van der Waals surface area contributed by atoms with Gasteiger partial charge in [-0.2, -0.15) is 0 Å². The maximum absolute atomic E-state index is 11.8. The summed E-state index contributed by atoms with van der Waals surface area (Å²) < 4.78 is 16.3. The zero-order valence-electron chi connectivity index (χ0n) is 8.12. The number of ether oxygens (including phenoxy) is 1. The highest BCUT2D eigenvalue weighted by Gasteiger charge is 2.29. The summed E-state index contributed by atoms with van der Waals surface area (Å²) in [5.74, 6) is -0.356. The quantitative estimate of drug-likeness (QED) is 0.650. The summed E-state index contributed by atoms with van der Waals surface area (Å²) in [6.07, 6.45) is 4.27. The molecule has 1 fully saturated rings. The summed E-state index contributed by atoms with van der Waals surface area (Å²) in [5.41, 5.74) is 0. The smallest absolute Gasteiger partial charge is 0.321 e. The molecule has 76 valence electrons. The van der Waals surface area contributed by atoms with Gasteiger partial charge in [-0.15, -0.1) is 0 Å². The number of hydrogen-bond acceptors (Lipinski definition) is 3. The molecule has 4 heteroatoms. The van der Waals surface area contributed by atoms with Crippen molar-refractivity contribution in [2.45, 2.75) is 43.1 Å². The molecule has 0 aromatic heterocycles. The lowest BCUT2D eigenvalue weighted by Gasteiger charge is -2.13. The van der Waals surface area contributed by atoms with Crippen molar-refractivity contribution in [2.75, 3.05) is 7.11 Å². The molecule has 2 unspecified atom stereocenters. The fourth-order valence-electron chi connectivity index (χ4n) is 1.67. The largest absolute Gasteiger partial charge is 0.468 e. The van der Waals surface area contributed by atoms with Crippen molar-refractivity contribution in [3.63, 3.8) is 0 Å². The molecule has 0 amide bonds. The van der Waals surface area contributed by atoms with Crippen LogP contribution in [-0.4, -0.2) is 27.8 Å². The van der Waals surface area contributed by atoms with E-state index in [4.69, 9.17) is 0 Å². The van der Waals surface area contributed by atoms with E-state index < -0.39 is 16.0 Å². The second kappa shape index (κ2) is 4.74. The first-order valence-corrected chi connectivity index (χ1v) is 5.91. The molecular formula is C9H16O3S. The third kappa shape index (κ3) is 2.53. The van der Waals surface area contributed by atoms with Crippen LogP contribution in [0.4, 0.5) is 0 Å². The van der Waals surface area contributed by atoms with Crippen LogP contribution < -0.4 is 0 Å². The van der Waals surface area contributed by atoms with Crippen molar-refractivity contribution < 1.29 is 13.7 Å². The zero-order chi connectivity index (χ0) is 9.84. The van der Waals surface area contributed by atoms with E-state index in [9.17, 15) is 9.00 Å². The Morgan fingerprint density at radius 2 is 2.00 bits per heavy atom. The van der Waals surface area contributed by atoms with Crippen LogP contribution >= 0.6 is 0 Å². The van der Waals surface area contributed by atoms with Crippen LogP contribution in [-0.2, 0) is 20.3 Å². The van der Waals surface area contributed by atoms with Crippen LogP contribution in [0.25, 0.3) is 0 Å². The molecule has 0 saturated heterocycles. The van der Waals surface area contributed by atoms with Crippen LogP contribution in [0.5, 0.6) is 0 Å². The molecule has 3 nitrogen and oxygen atoms in total. The fourth-order valence-corrected chi connectivity index (χ4v) is 3.33. The summed E-state index contributed by atoms with van der Waals surface area (Å²) in [6, 6.07) is 0. The summed E-state index contributed by atoms with van der Waals surface area (Å²) >= 11 is 0. The lowest BCUT2D eigenvalue weighted by molar-refractivity contribution is -0.139. The van der Waals surface area contributed by atoms with Gasteiger partial charge in [-0.3, -0.25) is 9.00 Å². The molecule has 0 radical (unpaired) electrons. The Morgan fingerprint density at radius 1 is 1.46 bits per heavy atom. The van der Waals surface area contributed by atoms with Crippen molar-refractivity contribution in [3.05, 3.63) is 0 Å². The van der Waals surface area contributed by atoms with Gasteiger partial charge in [0.25, 0.3) is 0 Å². The van der Waals surface area contributed by atoms with Gasteiger partial charge in [0.2, 0.25) is 0 Å². The van der Waals surface area contributed by atoms with Crippen LogP contribution in [0.15, 0.2) is 0 Å². The fraction of sp³-hybridized carbons (Fsp3) is 0.889. The maximum atomic E-state index is 11.8. The third-order valence-electron chi connectivity index (χ3n) is 2.51. The average molecular weight is 204 g/mol. The van der Waals surface area contributed by atoms with Crippen molar-refractivity contribution >= 4 is 16.8 Å². The summed E-state index contributed by atoms with van der Waals surface area (Å²) in [5, 5.41) is -0.248.